The van der Waals surface area contributed by atoms with Crippen LogP contribution in [0.1, 0.15) is 46.5 Å². The van der Waals surface area contributed by atoms with Gasteiger partial charge in [0.25, 0.3) is 0 Å². The van der Waals surface area contributed by atoms with Crippen molar-refractivity contribution in [2.75, 3.05) is 6.61 Å². The minimum absolute atomic E-state index is 0.191. The summed E-state index contributed by atoms with van der Waals surface area (Å²) in [6, 6.07) is 0. The summed E-state index contributed by atoms with van der Waals surface area (Å²) in [7, 11) is 0. The molecule has 0 heterocycles. The molecule has 2 rings (SSSR count). The number of aliphatic hydroxyl groups is 1. The number of rotatable bonds is 2. The van der Waals surface area contributed by atoms with Gasteiger partial charge in [0, 0.05) is 18.9 Å². The van der Waals surface area contributed by atoms with E-state index in [1.165, 1.54) is 11.1 Å². The Bertz CT molecular complexity index is 403. The number of hydrogen-bond donors (Lipinski definition) is 1. The molecule has 94 valence electrons. The largest absolute Gasteiger partial charge is 0.396 e. The third-order valence-electron chi connectivity index (χ3n) is 4.58. The van der Waals surface area contributed by atoms with Crippen molar-refractivity contribution >= 4 is 5.78 Å². The molecule has 0 radical (unpaired) electrons. The lowest BCUT2D eigenvalue weighted by molar-refractivity contribution is -0.116. The van der Waals surface area contributed by atoms with Crippen molar-refractivity contribution in [1.29, 1.82) is 0 Å². The highest BCUT2D eigenvalue weighted by atomic mass is 16.3. The molecule has 2 nitrogen and oxygen atoms in total. The summed E-state index contributed by atoms with van der Waals surface area (Å²) in [6.45, 7) is 6.48. The number of ketones is 1. The highest BCUT2D eigenvalue weighted by Crippen LogP contribution is 2.48. The van der Waals surface area contributed by atoms with E-state index in [0.717, 1.165) is 24.8 Å². The van der Waals surface area contributed by atoms with Crippen molar-refractivity contribution in [3.05, 3.63) is 22.8 Å². The van der Waals surface area contributed by atoms with Crippen molar-refractivity contribution in [3.63, 3.8) is 0 Å². The molecule has 17 heavy (non-hydrogen) atoms. The molecule has 2 heteroatoms. The number of hydrogen-bond acceptors (Lipinski definition) is 2. The molecule has 0 aromatic heterocycles. The highest BCUT2D eigenvalue weighted by Gasteiger charge is 2.37. The van der Waals surface area contributed by atoms with Gasteiger partial charge in [-0.05, 0) is 42.7 Å². The van der Waals surface area contributed by atoms with E-state index in [-0.39, 0.29) is 17.9 Å². The van der Waals surface area contributed by atoms with E-state index in [0.29, 0.717) is 12.2 Å². The Morgan fingerprint density at radius 3 is 2.71 bits per heavy atom. The Kier molecular flexibility index (Phi) is 3.26. The van der Waals surface area contributed by atoms with Crippen LogP contribution in [0, 0.1) is 11.3 Å². The van der Waals surface area contributed by atoms with Gasteiger partial charge in [-0.2, -0.15) is 0 Å². The zero-order valence-corrected chi connectivity index (χ0v) is 11.0. The topological polar surface area (TPSA) is 37.3 Å². The molecule has 0 fully saturated rings. The summed E-state index contributed by atoms with van der Waals surface area (Å²) in [6.07, 6.45) is 6.05. The average molecular weight is 234 g/mol. The Balaban J connectivity index is 2.43. The number of allylic oxidation sites excluding steroid dienone is 3. The molecule has 0 aliphatic heterocycles. The lowest BCUT2D eigenvalue weighted by Crippen LogP contribution is -2.30. The van der Waals surface area contributed by atoms with E-state index in [2.05, 4.69) is 19.9 Å². The molecule has 0 spiro atoms. The van der Waals surface area contributed by atoms with Crippen LogP contribution >= 0.6 is 0 Å². The Morgan fingerprint density at radius 2 is 2.06 bits per heavy atom. The smallest absolute Gasteiger partial charge is 0.158 e. The number of aliphatic hydroxyl groups excluding tert-OH is 1. The molecule has 0 aromatic rings. The lowest BCUT2D eigenvalue weighted by Gasteiger charge is -2.40. The van der Waals surface area contributed by atoms with Gasteiger partial charge in [-0.15, -0.1) is 0 Å². The molecule has 0 amide bonds. The zero-order valence-electron chi connectivity index (χ0n) is 11.0. The van der Waals surface area contributed by atoms with Crippen LogP contribution in [-0.4, -0.2) is 17.5 Å². The normalized spacial score (nSPS) is 31.1. The van der Waals surface area contributed by atoms with Crippen LogP contribution in [-0.2, 0) is 4.79 Å². The maximum absolute atomic E-state index is 11.8. The minimum atomic E-state index is 0.191. The summed E-state index contributed by atoms with van der Waals surface area (Å²) in [5.74, 6) is 0.517. The molecule has 0 saturated carbocycles. The lowest BCUT2D eigenvalue weighted by atomic mass is 9.64. The van der Waals surface area contributed by atoms with Gasteiger partial charge in [0.05, 0.1) is 0 Å². The molecule has 2 aliphatic carbocycles. The summed E-state index contributed by atoms with van der Waals surface area (Å²) in [5, 5.41) is 9.24. The molecular formula is C15H22O2. The summed E-state index contributed by atoms with van der Waals surface area (Å²) in [4.78, 5) is 11.8. The van der Waals surface area contributed by atoms with Crippen LogP contribution in [0.25, 0.3) is 0 Å². The van der Waals surface area contributed by atoms with Crippen LogP contribution in [0.3, 0.4) is 0 Å². The molecule has 2 atom stereocenters. The highest BCUT2D eigenvalue weighted by molar-refractivity contribution is 5.97. The molecular weight excluding hydrogens is 212 g/mol. The standard InChI is InChI=1S/C15H22O2/c1-10(9-16)12-4-6-15(3)7-5-14(17)11(2)13(15)8-12/h8,10,16H,4-7,9H2,1-3H3/t10-,15+/m1/s1. The summed E-state index contributed by atoms with van der Waals surface area (Å²) >= 11 is 0. The van der Waals surface area contributed by atoms with Gasteiger partial charge in [-0.1, -0.05) is 25.5 Å². The third kappa shape index (κ3) is 2.11. The van der Waals surface area contributed by atoms with Crippen LogP contribution < -0.4 is 0 Å². The first-order valence-electron chi connectivity index (χ1n) is 6.54. The fraction of sp³-hybridized carbons (Fsp3) is 0.667. The first-order chi connectivity index (χ1) is 7.98. The van der Waals surface area contributed by atoms with Crippen molar-refractivity contribution < 1.29 is 9.90 Å². The zero-order chi connectivity index (χ0) is 12.6. The number of Topliss-reactive ketones (excluding diaryl/α,β-unsaturated/α-hetero) is 1. The van der Waals surface area contributed by atoms with Gasteiger partial charge in [-0.3, -0.25) is 4.79 Å². The van der Waals surface area contributed by atoms with Crippen molar-refractivity contribution in [3.8, 4) is 0 Å². The Hall–Kier alpha value is -0.890. The van der Waals surface area contributed by atoms with Crippen LogP contribution in [0.4, 0.5) is 0 Å². The van der Waals surface area contributed by atoms with Gasteiger partial charge in [0.15, 0.2) is 5.78 Å². The van der Waals surface area contributed by atoms with Gasteiger partial charge >= 0.3 is 0 Å². The maximum atomic E-state index is 11.8. The van der Waals surface area contributed by atoms with Crippen LogP contribution in [0.2, 0.25) is 0 Å². The van der Waals surface area contributed by atoms with Crippen molar-refractivity contribution in [1.82, 2.24) is 0 Å². The van der Waals surface area contributed by atoms with E-state index in [1.807, 2.05) is 6.92 Å². The fourth-order valence-electron chi connectivity index (χ4n) is 3.04. The molecule has 0 aromatic carbocycles. The van der Waals surface area contributed by atoms with E-state index >= 15 is 0 Å². The first-order valence-corrected chi connectivity index (χ1v) is 6.54. The number of fused-ring (bicyclic) bond motifs is 1. The number of carbonyl (C=O) groups excluding carboxylic acids is 1. The van der Waals surface area contributed by atoms with E-state index in [1.54, 1.807) is 0 Å². The Morgan fingerprint density at radius 1 is 1.41 bits per heavy atom. The van der Waals surface area contributed by atoms with Gasteiger partial charge in [0.1, 0.15) is 0 Å². The predicted octanol–water partition coefficient (Wildman–Crippen LogP) is 3.02. The first kappa shape index (κ1) is 12.6. The fourth-order valence-corrected chi connectivity index (χ4v) is 3.04. The predicted molar refractivity (Wildman–Crippen MR) is 68.6 cm³/mol. The van der Waals surface area contributed by atoms with Crippen molar-refractivity contribution in [2.45, 2.75) is 46.5 Å². The van der Waals surface area contributed by atoms with Crippen LogP contribution in [0.5, 0.6) is 0 Å². The monoisotopic (exact) mass is 234 g/mol. The molecule has 0 bridgehead atoms. The van der Waals surface area contributed by atoms with Gasteiger partial charge < -0.3 is 5.11 Å². The maximum Gasteiger partial charge on any atom is 0.158 e. The second kappa shape index (κ2) is 4.41. The average Bonchev–Trinajstić information content (AvgIpc) is 2.33. The SMILES string of the molecule is CC1=C2C=C([C@H](C)CO)CC[C@@]2(C)CCC1=O. The van der Waals surface area contributed by atoms with Gasteiger partial charge in [-0.25, -0.2) is 0 Å². The molecule has 0 saturated heterocycles. The summed E-state index contributed by atoms with van der Waals surface area (Å²) in [5.41, 5.74) is 3.67. The summed E-state index contributed by atoms with van der Waals surface area (Å²) < 4.78 is 0. The van der Waals surface area contributed by atoms with Crippen LogP contribution in [0.15, 0.2) is 22.8 Å². The molecule has 0 unspecified atom stereocenters. The van der Waals surface area contributed by atoms with Crippen molar-refractivity contribution in [2.24, 2.45) is 11.3 Å². The van der Waals surface area contributed by atoms with Gasteiger partial charge in [0.2, 0.25) is 0 Å². The second-order valence-electron chi connectivity index (χ2n) is 5.83. The van der Waals surface area contributed by atoms with E-state index in [4.69, 9.17) is 0 Å². The minimum Gasteiger partial charge on any atom is -0.396 e. The van der Waals surface area contributed by atoms with E-state index < -0.39 is 0 Å². The third-order valence-corrected chi connectivity index (χ3v) is 4.58. The molecule has 1 N–H and O–H groups in total. The molecule has 2 aliphatic rings. The second-order valence-corrected chi connectivity index (χ2v) is 5.83. The Labute approximate surface area is 103 Å². The quantitative estimate of drug-likeness (QED) is 0.797. The number of carbonyl (C=O) groups is 1. The van der Waals surface area contributed by atoms with E-state index in [9.17, 15) is 9.90 Å².